The molecule has 0 aliphatic carbocycles. The molecule has 0 radical (unpaired) electrons. The van der Waals surface area contributed by atoms with Crippen LogP contribution in [0.3, 0.4) is 0 Å². The van der Waals surface area contributed by atoms with Crippen LogP contribution in [-0.2, 0) is 46.4 Å². The first-order valence-electron chi connectivity index (χ1n) is 21.1. The summed E-state index contributed by atoms with van der Waals surface area (Å²) in [4.78, 5) is 117. The first kappa shape index (κ1) is 47.0. The van der Waals surface area contributed by atoms with Gasteiger partial charge in [-0.15, -0.1) is 0 Å². The molecular formula is C44H57N11O8. The molecule has 5 rings (SSSR count). The second-order valence-electron chi connectivity index (χ2n) is 15.8. The van der Waals surface area contributed by atoms with Crippen LogP contribution in [0.15, 0.2) is 61.2 Å². The lowest BCUT2D eigenvalue weighted by atomic mass is 10.0. The second kappa shape index (κ2) is 22.2. The lowest BCUT2D eigenvalue weighted by Gasteiger charge is -2.29. The van der Waals surface area contributed by atoms with Crippen molar-refractivity contribution in [1.82, 2.24) is 46.4 Å². The van der Waals surface area contributed by atoms with Gasteiger partial charge in [0.15, 0.2) is 0 Å². The second-order valence-corrected chi connectivity index (χ2v) is 15.8. The van der Waals surface area contributed by atoms with Crippen molar-refractivity contribution in [3.8, 4) is 0 Å². The fourth-order valence-electron chi connectivity index (χ4n) is 7.43. The maximum atomic E-state index is 14.1. The Morgan fingerprint density at radius 3 is 2.37 bits per heavy atom. The van der Waals surface area contributed by atoms with Crippen LogP contribution in [-0.4, -0.2) is 110 Å². The SMILES string of the molecule is CCCC[C@H](NC(C)=O)C(=O)N[C@@H](C)C(=O)N[C@@H](Cc1cnc[nH]1)C(=O)NCCCCC1C(=O)Nc2ccc(C)cc2C(=O)N1CC(=O)N[C@@H](Cc1c[nH]c2ccccc12)C(N)=O. The third kappa shape index (κ3) is 13.0. The van der Waals surface area contributed by atoms with Crippen LogP contribution in [0.4, 0.5) is 5.69 Å². The van der Waals surface area contributed by atoms with Gasteiger partial charge < -0.3 is 52.5 Å². The molecule has 2 aromatic carbocycles. The summed E-state index contributed by atoms with van der Waals surface area (Å²) >= 11 is 0. The number of carbonyl (C=O) groups is 8. The molecule has 8 amide bonds. The maximum Gasteiger partial charge on any atom is 0.257 e. The van der Waals surface area contributed by atoms with E-state index in [1.807, 2.05) is 31.2 Å². The number of hydrogen-bond acceptors (Lipinski definition) is 9. The Labute approximate surface area is 364 Å². The van der Waals surface area contributed by atoms with E-state index in [4.69, 9.17) is 5.73 Å². The van der Waals surface area contributed by atoms with Crippen LogP contribution in [0.2, 0.25) is 0 Å². The lowest BCUT2D eigenvalue weighted by molar-refractivity contribution is -0.133. The van der Waals surface area contributed by atoms with Gasteiger partial charge in [0, 0.05) is 55.3 Å². The molecule has 1 unspecified atom stereocenters. The largest absolute Gasteiger partial charge is 0.368 e. The van der Waals surface area contributed by atoms with Crippen molar-refractivity contribution in [2.24, 2.45) is 5.73 Å². The van der Waals surface area contributed by atoms with Gasteiger partial charge in [0.2, 0.25) is 41.4 Å². The Morgan fingerprint density at radius 2 is 1.65 bits per heavy atom. The minimum atomic E-state index is -1.11. The van der Waals surface area contributed by atoms with Crippen molar-refractivity contribution in [2.75, 3.05) is 18.4 Å². The summed E-state index contributed by atoms with van der Waals surface area (Å²) in [5.41, 5.74) is 9.19. The molecule has 19 heteroatoms. The smallest absolute Gasteiger partial charge is 0.257 e. The number of H-pyrrole nitrogens is 2. The Hall–Kier alpha value is -7.05. The van der Waals surface area contributed by atoms with E-state index in [2.05, 4.69) is 46.9 Å². The van der Waals surface area contributed by atoms with E-state index in [9.17, 15) is 38.4 Å². The first-order chi connectivity index (χ1) is 30.1. The number of fused-ring (bicyclic) bond motifs is 2. The molecule has 0 spiro atoms. The van der Waals surface area contributed by atoms with Crippen LogP contribution in [0.25, 0.3) is 10.9 Å². The number of nitrogens with two attached hydrogens (primary N) is 1. The number of aromatic amines is 2. The van der Waals surface area contributed by atoms with Crippen molar-refractivity contribution in [3.63, 3.8) is 0 Å². The third-order valence-electron chi connectivity index (χ3n) is 10.8. The van der Waals surface area contributed by atoms with Crippen molar-refractivity contribution in [2.45, 2.75) is 109 Å². The summed E-state index contributed by atoms with van der Waals surface area (Å²) in [5.74, 6) is -4.54. The van der Waals surface area contributed by atoms with E-state index in [1.165, 1.54) is 31.3 Å². The summed E-state index contributed by atoms with van der Waals surface area (Å²) < 4.78 is 0. The molecule has 19 nitrogen and oxygen atoms in total. The molecule has 0 bridgehead atoms. The average molecular weight is 868 g/mol. The average Bonchev–Trinajstić information content (AvgIpc) is 3.90. The monoisotopic (exact) mass is 867 g/mol. The zero-order chi connectivity index (χ0) is 45.6. The van der Waals surface area contributed by atoms with Crippen molar-refractivity contribution >= 4 is 63.8 Å². The number of benzene rings is 2. The summed E-state index contributed by atoms with van der Waals surface area (Å²) in [6, 6.07) is 7.39. The molecule has 3 heterocycles. The molecule has 4 aromatic rings. The van der Waals surface area contributed by atoms with Gasteiger partial charge in [-0.25, -0.2) is 4.98 Å². The number of aryl methyl sites for hydroxylation is 1. The van der Waals surface area contributed by atoms with Gasteiger partial charge in [-0.05, 0) is 63.3 Å². The predicted molar refractivity (Wildman–Crippen MR) is 234 cm³/mol. The van der Waals surface area contributed by atoms with E-state index >= 15 is 0 Å². The van der Waals surface area contributed by atoms with E-state index < -0.39 is 78.1 Å². The number of anilines is 1. The highest BCUT2D eigenvalue weighted by atomic mass is 16.2. The number of para-hydroxylation sites is 1. The van der Waals surface area contributed by atoms with Crippen LogP contribution in [0, 0.1) is 6.92 Å². The van der Waals surface area contributed by atoms with Gasteiger partial charge in [-0.3, -0.25) is 38.4 Å². The molecule has 0 saturated heterocycles. The Balaban J connectivity index is 1.21. The molecular weight excluding hydrogens is 811 g/mol. The quantitative estimate of drug-likeness (QED) is 0.0516. The number of hydrogen-bond donors (Lipinski definition) is 9. The molecule has 1 aliphatic rings. The minimum absolute atomic E-state index is 0.0586. The molecule has 0 fully saturated rings. The van der Waals surface area contributed by atoms with Crippen LogP contribution >= 0.6 is 0 Å². The van der Waals surface area contributed by atoms with Crippen molar-refractivity contribution in [1.29, 1.82) is 0 Å². The lowest BCUT2D eigenvalue weighted by Crippen LogP contribution is -2.56. The number of carbonyl (C=O) groups excluding carboxylic acids is 8. The molecule has 63 heavy (non-hydrogen) atoms. The highest BCUT2D eigenvalue weighted by Crippen LogP contribution is 2.26. The topological polar surface area (TPSA) is 282 Å². The Morgan fingerprint density at radius 1 is 0.873 bits per heavy atom. The molecule has 2 aromatic heterocycles. The number of unbranched alkanes of at least 4 members (excludes halogenated alkanes) is 2. The van der Waals surface area contributed by atoms with Crippen LogP contribution < -0.4 is 37.6 Å². The number of aromatic nitrogens is 3. The summed E-state index contributed by atoms with van der Waals surface area (Å²) in [7, 11) is 0. The molecule has 0 saturated carbocycles. The Kier molecular flexibility index (Phi) is 16.5. The van der Waals surface area contributed by atoms with Crippen molar-refractivity contribution in [3.05, 3.63) is 83.6 Å². The van der Waals surface area contributed by atoms with Gasteiger partial charge in [0.05, 0.1) is 17.6 Å². The number of primary amides is 1. The fraction of sp³-hybridized carbons (Fsp3) is 0.432. The number of nitrogens with zero attached hydrogens (tertiary/aromatic N) is 2. The van der Waals surface area contributed by atoms with Crippen LogP contribution in [0.1, 0.15) is 86.5 Å². The third-order valence-corrected chi connectivity index (χ3v) is 10.8. The van der Waals surface area contributed by atoms with Crippen molar-refractivity contribution < 1.29 is 38.4 Å². The van der Waals surface area contributed by atoms with E-state index in [0.717, 1.165) is 28.5 Å². The molecule has 5 atom stereocenters. The first-order valence-corrected chi connectivity index (χ1v) is 21.1. The fourth-order valence-corrected chi connectivity index (χ4v) is 7.43. The molecule has 1 aliphatic heterocycles. The number of nitrogens with one attached hydrogen (secondary N) is 8. The van der Waals surface area contributed by atoms with Gasteiger partial charge in [0.25, 0.3) is 5.91 Å². The minimum Gasteiger partial charge on any atom is -0.368 e. The zero-order valence-corrected chi connectivity index (χ0v) is 36.0. The number of rotatable bonds is 22. The zero-order valence-electron chi connectivity index (χ0n) is 36.0. The van der Waals surface area contributed by atoms with Gasteiger partial charge in [0.1, 0.15) is 36.8 Å². The van der Waals surface area contributed by atoms with E-state index in [1.54, 1.807) is 31.3 Å². The molecule has 10 N–H and O–H groups in total. The highest BCUT2D eigenvalue weighted by Gasteiger charge is 2.37. The van der Waals surface area contributed by atoms with E-state index in [0.29, 0.717) is 37.1 Å². The molecule has 336 valence electrons. The van der Waals surface area contributed by atoms with E-state index in [-0.39, 0.29) is 37.3 Å². The Bertz CT molecular complexity index is 2290. The summed E-state index contributed by atoms with van der Waals surface area (Å²) in [6.45, 7) is 6.13. The highest BCUT2D eigenvalue weighted by molar-refractivity contribution is 6.11. The normalized spacial score (nSPS) is 15.5. The number of imidazole rings is 1. The maximum absolute atomic E-state index is 14.1. The summed E-state index contributed by atoms with van der Waals surface area (Å²) in [5, 5.41) is 17.1. The standard InChI is InChI=1S/C44H57N11O8/c1-5-6-12-34(51-27(4)56)42(61)50-26(3)40(59)54-36(20-29-22-46-24-49-29)41(60)47-17-10-9-14-37-43(62)53-33-16-15-25(2)18-31(33)44(63)55(37)23-38(57)52-35(39(45)58)19-28-21-48-32-13-8-7-11-30(28)32/h7-8,11,13,15-16,18,21-22,24,26,34-37,48H,5-6,9-10,12,14,17,19-20,23H2,1-4H3,(H2,45,58)(H,46,49)(H,47,60)(H,50,61)(H,51,56)(H,52,57)(H,53,62)(H,54,59)/t26-,34-,35-,36-,37?/m0/s1. The van der Waals surface area contributed by atoms with Gasteiger partial charge in [-0.2, -0.15) is 0 Å². The number of amides is 8. The van der Waals surface area contributed by atoms with Gasteiger partial charge in [-0.1, -0.05) is 49.6 Å². The summed E-state index contributed by atoms with van der Waals surface area (Å²) in [6.07, 6.45) is 7.54. The predicted octanol–water partition coefficient (Wildman–Crippen LogP) is 1.39. The van der Waals surface area contributed by atoms with Gasteiger partial charge >= 0.3 is 0 Å². The van der Waals surface area contributed by atoms with Crippen LogP contribution in [0.5, 0.6) is 0 Å².